The lowest BCUT2D eigenvalue weighted by molar-refractivity contribution is -0.191. The number of carbonyl (C=O) groups excluding carboxylic acids is 2. The zero-order valence-corrected chi connectivity index (χ0v) is 17.4. The number of halogens is 3. The van der Waals surface area contributed by atoms with Crippen LogP contribution in [-0.4, -0.2) is 42.2 Å². The number of benzene rings is 2. The van der Waals surface area contributed by atoms with Gasteiger partial charge in [0.2, 0.25) is 0 Å². The maximum Gasteiger partial charge on any atom is 0.471 e. The molecule has 31 heavy (non-hydrogen) atoms. The van der Waals surface area contributed by atoms with Gasteiger partial charge < -0.3 is 9.64 Å². The van der Waals surface area contributed by atoms with Crippen molar-refractivity contribution in [3.05, 3.63) is 65.2 Å². The molecule has 2 aliphatic heterocycles. The molecule has 0 aliphatic carbocycles. The molecule has 1 fully saturated rings. The molecule has 2 aliphatic rings. The summed E-state index contributed by atoms with van der Waals surface area (Å²) in [6.45, 7) is 3.63. The molecule has 8 heteroatoms. The largest absolute Gasteiger partial charge is 0.471 e. The summed E-state index contributed by atoms with van der Waals surface area (Å²) in [5.41, 5.74) is 2.43. The van der Waals surface area contributed by atoms with Gasteiger partial charge in [0.1, 0.15) is 18.8 Å². The van der Waals surface area contributed by atoms with E-state index in [0.717, 1.165) is 16.8 Å². The van der Waals surface area contributed by atoms with Crippen molar-refractivity contribution in [2.24, 2.45) is 0 Å². The predicted octanol–water partition coefficient (Wildman–Crippen LogP) is 3.94. The summed E-state index contributed by atoms with van der Waals surface area (Å²) in [7, 11) is 1.66. The van der Waals surface area contributed by atoms with Crippen LogP contribution in [0.5, 0.6) is 0 Å². The first-order valence-corrected chi connectivity index (χ1v) is 9.98. The first-order chi connectivity index (χ1) is 14.5. The average molecular weight is 432 g/mol. The third kappa shape index (κ3) is 3.43. The first-order valence-electron chi connectivity index (χ1n) is 9.98. The first kappa shape index (κ1) is 21.2. The minimum absolute atomic E-state index is 0.0491. The Morgan fingerprint density at radius 3 is 2.48 bits per heavy atom. The molecule has 164 valence electrons. The zero-order chi connectivity index (χ0) is 22.6. The van der Waals surface area contributed by atoms with E-state index in [1.807, 2.05) is 31.2 Å². The van der Waals surface area contributed by atoms with Gasteiger partial charge >= 0.3 is 18.1 Å². The van der Waals surface area contributed by atoms with Crippen molar-refractivity contribution in [3.63, 3.8) is 0 Å². The van der Waals surface area contributed by atoms with Gasteiger partial charge in [-0.15, -0.1) is 0 Å². The number of anilines is 1. The summed E-state index contributed by atoms with van der Waals surface area (Å²) in [6.07, 6.45) is -5.99. The number of hydrogen-bond donors (Lipinski definition) is 0. The van der Waals surface area contributed by atoms with Gasteiger partial charge in [0.15, 0.2) is 0 Å². The highest BCUT2D eigenvalue weighted by Crippen LogP contribution is 2.54. The molecule has 0 radical (unpaired) electrons. The van der Waals surface area contributed by atoms with Crippen LogP contribution in [0.25, 0.3) is 0 Å². The molecule has 2 aromatic carbocycles. The Kier molecular flexibility index (Phi) is 4.98. The van der Waals surface area contributed by atoms with Gasteiger partial charge in [-0.05, 0) is 36.1 Å². The number of ether oxygens (including phenoxy) is 1. The van der Waals surface area contributed by atoms with Gasteiger partial charge in [0.05, 0.1) is 0 Å². The van der Waals surface area contributed by atoms with Crippen LogP contribution in [0, 0.1) is 6.92 Å². The van der Waals surface area contributed by atoms with Gasteiger partial charge in [0.25, 0.3) is 0 Å². The molecule has 1 amide bonds. The number of aryl methyl sites for hydroxylation is 1. The Hall–Kier alpha value is -3.03. The third-order valence-corrected chi connectivity index (χ3v) is 6.27. The number of hydrogen-bond acceptors (Lipinski definition) is 4. The highest BCUT2D eigenvalue weighted by molar-refractivity contribution is 5.90. The number of likely N-dealkylation sites (tertiary alicyclic amines) is 1. The Morgan fingerprint density at radius 2 is 1.84 bits per heavy atom. The van der Waals surface area contributed by atoms with Crippen LogP contribution in [-0.2, 0) is 26.3 Å². The Morgan fingerprint density at radius 1 is 1.16 bits per heavy atom. The number of esters is 1. The fraction of sp³-hybridized carbons (Fsp3) is 0.391. The van der Waals surface area contributed by atoms with Crippen LogP contribution in [0.2, 0.25) is 0 Å². The van der Waals surface area contributed by atoms with Crippen LogP contribution in [0.15, 0.2) is 48.5 Å². The highest BCUT2D eigenvalue weighted by Gasteiger charge is 2.63. The fourth-order valence-corrected chi connectivity index (χ4v) is 4.91. The van der Waals surface area contributed by atoms with Crippen LogP contribution in [0.4, 0.5) is 18.9 Å². The molecule has 1 saturated heterocycles. The van der Waals surface area contributed by atoms with E-state index in [9.17, 15) is 22.8 Å². The third-order valence-electron chi connectivity index (χ3n) is 6.27. The number of amides is 1. The topological polar surface area (TPSA) is 49.9 Å². The minimum Gasteiger partial charge on any atom is -0.459 e. The molecule has 0 bridgehead atoms. The summed E-state index contributed by atoms with van der Waals surface area (Å²) in [6, 6.07) is 13.2. The van der Waals surface area contributed by atoms with Gasteiger partial charge in [0, 0.05) is 18.2 Å². The molecule has 0 N–H and O–H groups in total. The smallest absolute Gasteiger partial charge is 0.459 e. The van der Waals surface area contributed by atoms with Crippen molar-refractivity contribution in [1.82, 2.24) is 4.90 Å². The average Bonchev–Trinajstić information content (AvgIpc) is 3.14. The van der Waals surface area contributed by atoms with E-state index in [0.29, 0.717) is 10.5 Å². The molecule has 4 rings (SSSR count). The summed E-state index contributed by atoms with van der Waals surface area (Å²) in [4.78, 5) is 27.7. The van der Waals surface area contributed by atoms with Crippen molar-refractivity contribution >= 4 is 17.6 Å². The quantitative estimate of drug-likeness (QED) is 0.690. The predicted molar refractivity (Wildman–Crippen MR) is 108 cm³/mol. The number of fused-ring (bicyclic) bond motifs is 3. The highest BCUT2D eigenvalue weighted by atomic mass is 19.4. The molecule has 2 aromatic rings. The summed E-state index contributed by atoms with van der Waals surface area (Å²) < 4.78 is 45.9. The SMILES string of the molecule is Cc1ccc2c(c1)N(C)[C@H]1N(C(=O)C(F)(F)F)[C@H](C(=O)OCc3ccccc3)C[C@@]21C. The monoisotopic (exact) mass is 432 g/mol. The van der Waals surface area contributed by atoms with Crippen molar-refractivity contribution in [2.75, 3.05) is 11.9 Å². The Balaban J connectivity index is 1.69. The number of nitrogens with zero attached hydrogens (tertiary/aromatic N) is 2. The molecule has 3 atom stereocenters. The van der Waals surface area contributed by atoms with Gasteiger partial charge in [-0.1, -0.05) is 49.4 Å². The van der Waals surface area contributed by atoms with Crippen molar-refractivity contribution in [1.29, 1.82) is 0 Å². The van der Waals surface area contributed by atoms with Crippen LogP contribution < -0.4 is 4.90 Å². The van der Waals surface area contributed by atoms with Crippen molar-refractivity contribution < 1.29 is 27.5 Å². The van der Waals surface area contributed by atoms with E-state index in [2.05, 4.69) is 0 Å². The van der Waals surface area contributed by atoms with Gasteiger partial charge in [-0.2, -0.15) is 13.2 Å². The Labute approximate surface area is 178 Å². The molecule has 0 aromatic heterocycles. The van der Waals surface area contributed by atoms with E-state index >= 15 is 0 Å². The van der Waals surface area contributed by atoms with E-state index < -0.39 is 35.7 Å². The standard InChI is InChI=1S/C23H23F3N2O3/c1-14-9-10-16-17(11-14)27(3)20-22(16,2)12-18(28(20)21(30)23(24,25)26)19(29)31-13-15-7-5-4-6-8-15/h4-11,18,20H,12-13H2,1-3H3/t18-,20-,22-/m0/s1. The van der Waals surface area contributed by atoms with E-state index in [1.54, 1.807) is 43.1 Å². The van der Waals surface area contributed by atoms with Crippen LogP contribution >= 0.6 is 0 Å². The number of alkyl halides is 3. The normalized spacial score (nSPS) is 24.7. The van der Waals surface area contributed by atoms with E-state index in [-0.39, 0.29) is 13.0 Å². The lowest BCUT2D eigenvalue weighted by atomic mass is 9.80. The summed E-state index contributed by atoms with van der Waals surface area (Å²) in [5, 5.41) is 0. The summed E-state index contributed by atoms with van der Waals surface area (Å²) >= 11 is 0. The molecule has 0 unspecified atom stereocenters. The van der Waals surface area contributed by atoms with Crippen LogP contribution in [0.3, 0.4) is 0 Å². The second kappa shape index (κ2) is 7.28. The summed E-state index contributed by atoms with van der Waals surface area (Å²) in [5.74, 6) is -2.86. The maximum absolute atomic E-state index is 13.5. The second-order valence-corrected chi connectivity index (χ2v) is 8.45. The molecular weight excluding hydrogens is 409 g/mol. The van der Waals surface area contributed by atoms with Crippen molar-refractivity contribution in [2.45, 2.75) is 50.7 Å². The maximum atomic E-state index is 13.5. The number of likely N-dealkylation sites (N-methyl/N-ethyl adjacent to an activating group) is 1. The van der Waals surface area contributed by atoms with E-state index in [4.69, 9.17) is 4.74 Å². The number of rotatable bonds is 3. The van der Waals surface area contributed by atoms with E-state index in [1.165, 1.54) is 0 Å². The molecule has 0 saturated carbocycles. The minimum atomic E-state index is -5.10. The lowest BCUT2D eigenvalue weighted by Gasteiger charge is -2.36. The van der Waals surface area contributed by atoms with Gasteiger partial charge in [-0.3, -0.25) is 9.69 Å². The molecular formula is C23H23F3N2O3. The van der Waals surface area contributed by atoms with Crippen molar-refractivity contribution in [3.8, 4) is 0 Å². The number of carbonyl (C=O) groups is 2. The second-order valence-electron chi connectivity index (χ2n) is 8.45. The Bertz CT molecular complexity index is 1020. The fourth-order valence-electron chi connectivity index (χ4n) is 4.91. The molecule has 0 spiro atoms. The zero-order valence-electron chi connectivity index (χ0n) is 17.4. The molecule has 5 nitrogen and oxygen atoms in total. The van der Waals surface area contributed by atoms with Crippen LogP contribution in [0.1, 0.15) is 30.0 Å². The van der Waals surface area contributed by atoms with Gasteiger partial charge in [-0.25, -0.2) is 4.79 Å². The lowest BCUT2D eigenvalue weighted by Crippen LogP contribution is -2.56. The molecule has 2 heterocycles.